The van der Waals surface area contributed by atoms with Crippen molar-refractivity contribution in [3.05, 3.63) is 35.9 Å². The van der Waals surface area contributed by atoms with Crippen LogP contribution in [-0.4, -0.2) is 37.0 Å². The number of carbonyl (C=O) groups is 1. The summed E-state index contributed by atoms with van der Waals surface area (Å²) in [5.74, 6) is -3.07. The maximum atomic E-state index is 12.5. The van der Waals surface area contributed by atoms with Crippen molar-refractivity contribution in [3.8, 4) is 0 Å². The van der Waals surface area contributed by atoms with Gasteiger partial charge in [0.15, 0.2) is 0 Å². The molecule has 0 heterocycles. The van der Waals surface area contributed by atoms with Gasteiger partial charge < -0.3 is 4.74 Å². The highest BCUT2D eigenvalue weighted by Crippen LogP contribution is 2.25. The summed E-state index contributed by atoms with van der Waals surface area (Å²) in [5.41, 5.74) is -0.160. The third-order valence-corrected chi connectivity index (χ3v) is 2.71. The third-order valence-electron chi connectivity index (χ3n) is 1.99. The van der Waals surface area contributed by atoms with Crippen molar-refractivity contribution in [3.63, 3.8) is 0 Å². The molecule has 0 aliphatic rings. The molecule has 0 aromatic heterocycles. The summed E-state index contributed by atoms with van der Waals surface area (Å²) in [4.78, 5) is 11.4. The fourth-order valence-corrected chi connectivity index (χ4v) is 1.80. The summed E-state index contributed by atoms with van der Waals surface area (Å²) in [7, 11) is -4.93. The van der Waals surface area contributed by atoms with Crippen molar-refractivity contribution in [2.45, 2.75) is 12.3 Å². The summed E-state index contributed by atoms with van der Waals surface area (Å²) in [6.45, 7) is 0. The van der Waals surface area contributed by atoms with Crippen LogP contribution in [0.2, 0.25) is 0 Å². The van der Waals surface area contributed by atoms with Gasteiger partial charge in [-0.2, -0.15) is 21.6 Å². The zero-order valence-electron chi connectivity index (χ0n) is 9.29. The van der Waals surface area contributed by atoms with E-state index in [1.165, 1.54) is 30.3 Å². The molecular weight excluding hydrogens is 289 g/mol. The molecule has 0 radical (unpaired) electrons. The van der Waals surface area contributed by atoms with E-state index in [0.29, 0.717) is 0 Å². The quantitative estimate of drug-likeness (QED) is 0.675. The molecule has 1 aromatic carbocycles. The van der Waals surface area contributed by atoms with Crippen LogP contribution in [0, 0.1) is 0 Å². The molecule has 9 heteroatoms. The molecule has 1 rings (SSSR count). The number of rotatable bonds is 4. The fraction of sp³-hybridized carbons (Fsp3) is 0.300. The number of halogens is 3. The number of hydrogen-bond donors (Lipinski definition) is 1. The zero-order chi connectivity index (χ0) is 14.7. The van der Waals surface area contributed by atoms with E-state index < -0.39 is 34.1 Å². The summed E-state index contributed by atoms with van der Waals surface area (Å²) >= 11 is 0. The average molecular weight is 298 g/mol. The van der Waals surface area contributed by atoms with Gasteiger partial charge in [-0.3, -0.25) is 4.55 Å². The maximum absolute atomic E-state index is 12.5. The van der Waals surface area contributed by atoms with E-state index in [-0.39, 0.29) is 5.56 Å². The van der Waals surface area contributed by atoms with Crippen LogP contribution in [0.15, 0.2) is 30.3 Å². The van der Waals surface area contributed by atoms with Gasteiger partial charge in [0.05, 0.1) is 5.56 Å². The predicted octanol–water partition coefficient (Wildman–Crippen LogP) is 1.66. The van der Waals surface area contributed by atoms with Crippen LogP contribution >= 0.6 is 0 Å². The molecule has 106 valence electrons. The van der Waals surface area contributed by atoms with Crippen LogP contribution in [0.1, 0.15) is 10.4 Å². The molecule has 1 atom stereocenters. The minimum atomic E-state index is -5.10. The van der Waals surface area contributed by atoms with Gasteiger partial charge in [-0.15, -0.1) is 0 Å². The molecule has 1 unspecified atom stereocenters. The van der Waals surface area contributed by atoms with Crippen LogP contribution in [0.25, 0.3) is 0 Å². The average Bonchev–Trinajstić information content (AvgIpc) is 2.26. The van der Waals surface area contributed by atoms with Crippen LogP contribution < -0.4 is 0 Å². The molecule has 0 spiro atoms. The van der Waals surface area contributed by atoms with E-state index in [1.54, 1.807) is 0 Å². The van der Waals surface area contributed by atoms with E-state index in [0.717, 1.165) is 0 Å². The summed E-state index contributed by atoms with van der Waals surface area (Å²) in [6.07, 6.45) is -8.02. The van der Waals surface area contributed by atoms with E-state index >= 15 is 0 Å². The van der Waals surface area contributed by atoms with E-state index in [4.69, 9.17) is 4.55 Å². The van der Waals surface area contributed by atoms with Crippen molar-refractivity contribution in [1.82, 2.24) is 0 Å². The smallest absolute Gasteiger partial charge is 0.426 e. The molecule has 0 saturated carbocycles. The lowest BCUT2D eigenvalue weighted by molar-refractivity contribution is -0.197. The van der Waals surface area contributed by atoms with E-state index in [9.17, 15) is 26.4 Å². The van der Waals surface area contributed by atoms with Crippen molar-refractivity contribution in [2.75, 3.05) is 5.75 Å². The van der Waals surface area contributed by atoms with Crippen LogP contribution in [0.5, 0.6) is 0 Å². The van der Waals surface area contributed by atoms with Crippen molar-refractivity contribution >= 4 is 16.1 Å². The van der Waals surface area contributed by atoms with Gasteiger partial charge in [0.2, 0.25) is 6.10 Å². The number of carbonyl (C=O) groups excluding carboxylic acids is 1. The molecule has 5 nitrogen and oxygen atoms in total. The van der Waals surface area contributed by atoms with Crippen molar-refractivity contribution in [1.29, 1.82) is 0 Å². The molecule has 1 aromatic rings. The topological polar surface area (TPSA) is 80.7 Å². The lowest BCUT2D eigenvalue weighted by atomic mass is 10.2. The Bertz CT molecular complexity index is 538. The summed E-state index contributed by atoms with van der Waals surface area (Å²) in [6, 6.07) is 6.77. The minimum absolute atomic E-state index is 0.160. The maximum Gasteiger partial charge on any atom is 0.426 e. The largest absolute Gasteiger partial charge is 0.448 e. The lowest BCUT2D eigenvalue weighted by Gasteiger charge is -2.19. The SMILES string of the molecule is O=C(OC(CS(=O)(=O)O)C(F)(F)F)c1ccccc1. The molecule has 19 heavy (non-hydrogen) atoms. The van der Waals surface area contributed by atoms with Crippen LogP contribution in [0.4, 0.5) is 13.2 Å². The Kier molecular flexibility index (Phi) is 4.53. The second kappa shape index (κ2) is 5.57. The van der Waals surface area contributed by atoms with Crippen molar-refractivity contribution < 1.29 is 35.7 Å². The molecule has 0 fully saturated rings. The number of ether oxygens (including phenoxy) is 1. The van der Waals surface area contributed by atoms with Gasteiger partial charge in [-0.25, -0.2) is 4.79 Å². The monoisotopic (exact) mass is 298 g/mol. The Hall–Kier alpha value is -1.61. The normalized spacial score (nSPS) is 13.9. The van der Waals surface area contributed by atoms with Gasteiger partial charge in [-0.1, -0.05) is 18.2 Å². The molecule has 0 aliphatic heterocycles. The molecule has 0 saturated heterocycles. The predicted molar refractivity (Wildman–Crippen MR) is 58.1 cm³/mol. The van der Waals surface area contributed by atoms with Gasteiger partial charge in [0.1, 0.15) is 5.75 Å². The highest BCUT2D eigenvalue weighted by molar-refractivity contribution is 7.85. The first-order chi connectivity index (χ1) is 8.59. The Labute approximate surface area is 106 Å². The standard InChI is InChI=1S/C10H9F3O5S/c11-10(12,13)8(6-19(15,16)17)18-9(14)7-4-2-1-3-5-7/h1-5,8H,6H2,(H,15,16,17). The third kappa shape index (κ3) is 5.26. The summed E-state index contributed by atoms with van der Waals surface area (Å²) < 4.78 is 70.9. The first-order valence-corrected chi connectivity index (χ1v) is 6.48. The van der Waals surface area contributed by atoms with Gasteiger partial charge in [0.25, 0.3) is 10.1 Å². The number of esters is 1. The Balaban J connectivity index is 2.88. The molecule has 1 N–H and O–H groups in total. The van der Waals surface area contributed by atoms with E-state index in [2.05, 4.69) is 4.74 Å². The van der Waals surface area contributed by atoms with Crippen LogP contribution in [0.3, 0.4) is 0 Å². The number of alkyl halides is 3. The van der Waals surface area contributed by atoms with Gasteiger partial charge in [0, 0.05) is 0 Å². The number of hydrogen-bond acceptors (Lipinski definition) is 4. The first kappa shape index (κ1) is 15.4. The molecule has 0 bridgehead atoms. The first-order valence-electron chi connectivity index (χ1n) is 4.87. The van der Waals surface area contributed by atoms with Gasteiger partial charge >= 0.3 is 12.1 Å². The van der Waals surface area contributed by atoms with E-state index in [1.807, 2.05) is 0 Å². The fourth-order valence-electron chi connectivity index (χ4n) is 1.16. The van der Waals surface area contributed by atoms with Gasteiger partial charge in [-0.05, 0) is 12.1 Å². The van der Waals surface area contributed by atoms with Crippen molar-refractivity contribution in [2.24, 2.45) is 0 Å². The Morgan fingerprint density at radius 2 is 1.79 bits per heavy atom. The number of benzene rings is 1. The molecule has 0 amide bonds. The second-order valence-corrected chi connectivity index (χ2v) is 5.05. The molecule has 0 aliphatic carbocycles. The molecular formula is C10H9F3O5S. The Morgan fingerprint density at radius 1 is 1.26 bits per heavy atom. The lowest BCUT2D eigenvalue weighted by Crippen LogP contribution is -2.39. The summed E-state index contributed by atoms with van der Waals surface area (Å²) in [5, 5.41) is 0. The second-order valence-electron chi connectivity index (χ2n) is 3.55. The Morgan fingerprint density at radius 3 is 2.21 bits per heavy atom. The highest BCUT2D eigenvalue weighted by atomic mass is 32.2. The highest BCUT2D eigenvalue weighted by Gasteiger charge is 2.45. The van der Waals surface area contributed by atoms with Crippen LogP contribution in [-0.2, 0) is 14.9 Å². The zero-order valence-corrected chi connectivity index (χ0v) is 10.1. The minimum Gasteiger partial charge on any atom is -0.448 e.